The van der Waals surface area contributed by atoms with Gasteiger partial charge in [0.1, 0.15) is 5.82 Å². The number of anilines is 1. The second kappa shape index (κ2) is 5.39. The van der Waals surface area contributed by atoms with Crippen LogP contribution in [0.4, 0.5) is 10.1 Å². The number of Topliss-reactive ketones (excluding diaryl/α,β-unsaturated/α-hetero) is 1. The molecule has 0 fully saturated rings. The Morgan fingerprint density at radius 1 is 1.30 bits per heavy atom. The fourth-order valence-corrected chi connectivity index (χ4v) is 2.69. The fourth-order valence-electron chi connectivity index (χ4n) is 2.69. The third kappa shape index (κ3) is 2.92. The summed E-state index contributed by atoms with van der Waals surface area (Å²) in [5, 5.41) is 0. The molecule has 0 aliphatic carbocycles. The van der Waals surface area contributed by atoms with Gasteiger partial charge in [-0.3, -0.25) is 4.79 Å². The predicted molar refractivity (Wildman–Crippen MR) is 80.8 cm³/mol. The molecule has 0 aromatic heterocycles. The number of carbonyl (C=O) groups is 1. The molecule has 1 aromatic carbocycles. The van der Waals surface area contributed by atoms with Crippen LogP contribution in [0.2, 0.25) is 0 Å². The van der Waals surface area contributed by atoms with Gasteiger partial charge >= 0.3 is 0 Å². The maximum absolute atomic E-state index is 13.9. The normalized spacial score (nSPS) is 16.1. The first-order valence-corrected chi connectivity index (χ1v) is 7.04. The fraction of sp³-hybridized carbons (Fsp3) is 0.471. The van der Waals surface area contributed by atoms with Crippen molar-refractivity contribution in [2.75, 3.05) is 18.0 Å². The van der Waals surface area contributed by atoms with Crippen molar-refractivity contribution in [1.29, 1.82) is 0 Å². The van der Waals surface area contributed by atoms with Crippen LogP contribution in [0.15, 0.2) is 29.8 Å². The second-order valence-electron chi connectivity index (χ2n) is 6.37. The first-order valence-electron chi connectivity index (χ1n) is 7.04. The zero-order valence-electron chi connectivity index (χ0n) is 12.7. The molecule has 2 nitrogen and oxygen atoms in total. The van der Waals surface area contributed by atoms with Crippen molar-refractivity contribution in [2.24, 2.45) is 5.41 Å². The minimum Gasteiger partial charge on any atom is -0.367 e. The summed E-state index contributed by atoms with van der Waals surface area (Å²) < 4.78 is 13.9. The summed E-state index contributed by atoms with van der Waals surface area (Å²) >= 11 is 0. The van der Waals surface area contributed by atoms with Gasteiger partial charge in [0, 0.05) is 13.1 Å². The van der Waals surface area contributed by atoms with Crippen LogP contribution in [-0.2, 0) is 0 Å². The number of rotatable bonds is 2. The van der Waals surface area contributed by atoms with Gasteiger partial charge < -0.3 is 4.90 Å². The Hall–Kier alpha value is -1.64. The molecular formula is C17H22FNO. The molecule has 0 unspecified atom stereocenters. The Labute approximate surface area is 120 Å². The van der Waals surface area contributed by atoms with Crippen molar-refractivity contribution >= 4 is 11.5 Å². The van der Waals surface area contributed by atoms with Gasteiger partial charge in [-0.25, -0.2) is 4.39 Å². The standard InChI is InChI=1S/C17H22FNO/c1-12(20)16-14(18)6-5-7-15(16)19-10-8-13(9-11-19)17(2,3)4/h5-8H,9-11H2,1-4H3. The molecule has 1 aromatic rings. The quantitative estimate of drug-likeness (QED) is 0.595. The zero-order chi connectivity index (χ0) is 14.9. The first kappa shape index (κ1) is 14.8. The smallest absolute Gasteiger partial charge is 0.164 e. The highest BCUT2D eigenvalue weighted by Crippen LogP contribution is 2.33. The van der Waals surface area contributed by atoms with E-state index in [-0.39, 0.29) is 16.8 Å². The number of carbonyl (C=O) groups excluding carboxylic acids is 1. The molecule has 0 saturated heterocycles. The Balaban J connectivity index is 2.30. The van der Waals surface area contributed by atoms with Gasteiger partial charge in [-0.15, -0.1) is 0 Å². The monoisotopic (exact) mass is 275 g/mol. The molecule has 3 heteroatoms. The van der Waals surface area contributed by atoms with Gasteiger partial charge in [-0.05, 0) is 30.9 Å². The van der Waals surface area contributed by atoms with E-state index < -0.39 is 5.82 Å². The van der Waals surface area contributed by atoms with Gasteiger partial charge in [0.15, 0.2) is 5.78 Å². The maximum Gasteiger partial charge on any atom is 0.164 e. The van der Waals surface area contributed by atoms with E-state index in [1.54, 1.807) is 6.07 Å². The highest BCUT2D eigenvalue weighted by molar-refractivity contribution is 6.00. The lowest BCUT2D eigenvalue weighted by Crippen LogP contribution is -2.32. The van der Waals surface area contributed by atoms with Gasteiger partial charge in [0.2, 0.25) is 0 Å². The van der Waals surface area contributed by atoms with Crippen molar-refractivity contribution in [3.05, 3.63) is 41.2 Å². The van der Waals surface area contributed by atoms with Gasteiger partial charge in [-0.2, -0.15) is 0 Å². The Morgan fingerprint density at radius 2 is 2.00 bits per heavy atom. The summed E-state index contributed by atoms with van der Waals surface area (Å²) in [4.78, 5) is 13.7. The van der Waals surface area contributed by atoms with Crippen molar-refractivity contribution in [3.63, 3.8) is 0 Å². The van der Waals surface area contributed by atoms with Crippen LogP contribution in [0, 0.1) is 11.2 Å². The summed E-state index contributed by atoms with van der Waals surface area (Å²) in [6.45, 7) is 9.60. The van der Waals surface area contributed by atoms with E-state index in [2.05, 4.69) is 31.7 Å². The molecule has 20 heavy (non-hydrogen) atoms. The van der Waals surface area contributed by atoms with E-state index in [0.717, 1.165) is 19.5 Å². The van der Waals surface area contributed by atoms with Gasteiger partial charge in [0.05, 0.1) is 11.3 Å². The Kier molecular flexibility index (Phi) is 3.98. The molecule has 0 bridgehead atoms. The number of ketones is 1. The summed E-state index contributed by atoms with van der Waals surface area (Å²) in [7, 11) is 0. The molecule has 1 aliphatic rings. The van der Waals surface area contributed by atoms with Crippen molar-refractivity contribution in [3.8, 4) is 0 Å². The third-order valence-corrected chi connectivity index (χ3v) is 3.86. The van der Waals surface area contributed by atoms with E-state index in [9.17, 15) is 9.18 Å². The average molecular weight is 275 g/mol. The van der Waals surface area contributed by atoms with E-state index in [1.807, 2.05) is 6.07 Å². The summed E-state index contributed by atoms with van der Waals surface area (Å²) in [5.41, 5.74) is 2.52. The second-order valence-corrected chi connectivity index (χ2v) is 6.37. The van der Waals surface area contributed by atoms with Crippen molar-refractivity contribution in [1.82, 2.24) is 0 Å². The molecule has 0 radical (unpaired) electrons. The van der Waals surface area contributed by atoms with Crippen LogP contribution < -0.4 is 4.90 Å². The number of halogens is 1. The number of benzene rings is 1. The van der Waals surface area contributed by atoms with Crippen LogP contribution in [0.3, 0.4) is 0 Å². The topological polar surface area (TPSA) is 20.3 Å². The third-order valence-electron chi connectivity index (χ3n) is 3.86. The van der Waals surface area contributed by atoms with Crippen LogP contribution >= 0.6 is 0 Å². The molecule has 1 aliphatic heterocycles. The Morgan fingerprint density at radius 3 is 2.50 bits per heavy atom. The summed E-state index contributed by atoms with van der Waals surface area (Å²) in [5.74, 6) is -0.649. The number of hydrogen-bond donors (Lipinski definition) is 0. The molecule has 0 N–H and O–H groups in total. The number of hydrogen-bond acceptors (Lipinski definition) is 2. The lowest BCUT2D eigenvalue weighted by atomic mass is 9.83. The van der Waals surface area contributed by atoms with Gasteiger partial charge in [0.25, 0.3) is 0 Å². The lowest BCUT2D eigenvalue weighted by molar-refractivity contribution is 0.101. The molecule has 2 rings (SSSR count). The van der Waals surface area contributed by atoms with Crippen LogP contribution in [0.5, 0.6) is 0 Å². The Bertz CT molecular complexity index is 555. The SMILES string of the molecule is CC(=O)c1c(F)cccc1N1CC=C(C(C)(C)C)CC1. The summed E-state index contributed by atoms with van der Waals surface area (Å²) in [6, 6.07) is 4.84. The molecule has 0 saturated carbocycles. The minimum absolute atomic E-state index is 0.178. The van der Waals surface area contributed by atoms with E-state index in [4.69, 9.17) is 0 Å². The first-order chi connectivity index (χ1) is 9.30. The zero-order valence-corrected chi connectivity index (χ0v) is 12.7. The van der Waals surface area contributed by atoms with Gasteiger partial charge in [-0.1, -0.05) is 38.5 Å². The van der Waals surface area contributed by atoms with Crippen molar-refractivity contribution in [2.45, 2.75) is 34.1 Å². The highest BCUT2D eigenvalue weighted by atomic mass is 19.1. The predicted octanol–water partition coefficient (Wildman–Crippen LogP) is 4.21. The average Bonchev–Trinajstić information content (AvgIpc) is 2.37. The maximum atomic E-state index is 13.9. The van der Waals surface area contributed by atoms with Crippen LogP contribution in [0.1, 0.15) is 44.5 Å². The molecule has 1 heterocycles. The summed E-state index contributed by atoms with van der Waals surface area (Å²) in [6.07, 6.45) is 3.16. The van der Waals surface area contributed by atoms with Crippen LogP contribution in [0.25, 0.3) is 0 Å². The molecular weight excluding hydrogens is 253 g/mol. The molecule has 0 atom stereocenters. The molecule has 108 valence electrons. The van der Waals surface area contributed by atoms with E-state index >= 15 is 0 Å². The lowest BCUT2D eigenvalue weighted by Gasteiger charge is -2.34. The molecule has 0 spiro atoms. The van der Waals surface area contributed by atoms with E-state index in [0.29, 0.717) is 5.69 Å². The van der Waals surface area contributed by atoms with E-state index in [1.165, 1.54) is 18.6 Å². The number of nitrogens with zero attached hydrogens (tertiary/aromatic N) is 1. The minimum atomic E-state index is -0.430. The van der Waals surface area contributed by atoms with Crippen LogP contribution in [-0.4, -0.2) is 18.9 Å². The van der Waals surface area contributed by atoms with Crippen molar-refractivity contribution < 1.29 is 9.18 Å². The highest BCUT2D eigenvalue weighted by Gasteiger charge is 2.24. The largest absolute Gasteiger partial charge is 0.367 e. The molecule has 0 amide bonds.